The summed E-state index contributed by atoms with van der Waals surface area (Å²) in [7, 11) is 2.04. The molecule has 1 N–H and O–H groups in total. The average molecular weight is 337 g/mol. The normalized spacial score (nSPS) is 24.8. The molecule has 0 aromatic carbocycles. The molecule has 1 spiro atoms. The van der Waals surface area contributed by atoms with Crippen LogP contribution in [-0.4, -0.2) is 64.5 Å². The fourth-order valence-corrected chi connectivity index (χ4v) is 4.01. The Balaban J connectivity index is 2.18. The Morgan fingerprint density at radius 1 is 1.25 bits per heavy atom. The van der Waals surface area contributed by atoms with Crippen LogP contribution < -0.4 is 5.32 Å². The molecule has 0 aromatic rings. The number of amides is 3. The lowest BCUT2D eigenvalue weighted by Crippen LogP contribution is -2.68. The number of nitrogens with zero attached hydrogens (tertiary/aromatic N) is 2. The van der Waals surface area contributed by atoms with Crippen molar-refractivity contribution < 1.29 is 19.1 Å². The van der Waals surface area contributed by atoms with Gasteiger partial charge in [0, 0.05) is 17.2 Å². The number of carbonyl (C=O) groups excluding carboxylic acids is 3. The summed E-state index contributed by atoms with van der Waals surface area (Å²) in [6.45, 7) is 11.6. The van der Waals surface area contributed by atoms with Crippen LogP contribution in [0, 0.1) is 0 Å². The molecule has 3 amide bonds. The van der Waals surface area contributed by atoms with E-state index in [1.807, 2.05) is 7.05 Å². The molecule has 0 atom stereocenters. The average Bonchev–Trinajstić information content (AvgIpc) is 2.67. The first-order valence-electron chi connectivity index (χ1n) is 8.12. The molecule has 0 aliphatic carbocycles. The molecule has 134 valence electrons. The molecule has 0 saturated carbocycles. The van der Waals surface area contributed by atoms with E-state index in [4.69, 9.17) is 4.74 Å². The minimum absolute atomic E-state index is 0.0349. The minimum atomic E-state index is -0.904. The van der Waals surface area contributed by atoms with E-state index in [1.165, 1.54) is 0 Å². The topological polar surface area (TPSA) is 79.0 Å². The number of hydrogen-bond donors (Lipinski definition) is 1. The van der Waals surface area contributed by atoms with Gasteiger partial charge in [0.1, 0.15) is 12.1 Å². The van der Waals surface area contributed by atoms with Crippen molar-refractivity contribution >= 4 is 17.9 Å². The third kappa shape index (κ3) is 3.05. The molecule has 2 fully saturated rings. The summed E-state index contributed by atoms with van der Waals surface area (Å²) in [6.07, 6.45) is 2.12. The zero-order chi connectivity index (χ0) is 18.3. The van der Waals surface area contributed by atoms with Crippen LogP contribution in [0.2, 0.25) is 0 Å². The van der Waals surface area contributed by atoms with Gasteiger partial charge in [-0.3, -0.25) is 14.6 Å². The maximum Gasteiger partial charge on any atom is 0.330 e. The highest BCUT2D eigenvalue weighted by Crippen LogP contribution is 2.44. The molecule has 2 heterocycles. The van der Waals surface area contributed by atoms with Crippen LogP contribution in [0.5, 0.6) is 0 Å². The molecule has 0 bridgehead atoms. The van der Waals surface area contributed by atoms with E-state index in [1.54, 1.807) is 0 Å². The summed E-state index contributed by atoms with van der Waals surface area (Å²) in [5.74, 6) is -0.810. The maximum atomic E-state index is 13.0. The van der Waals surface area contributed by atoms with Crippen LogP contribution in [0.25, 0.3) is 0 Å². The number of esters is 1. The van der Waals surface area contributed by atoms with Gasteiger partial charge in [0.25, 0.3) is 5.91 Å². The lowest BCUT2D eigenvalue weighted by atomic mass is 9.69. The van der Waals surface area contributed by atoms with Crippen LogP contribution >= 0.6 is 0 Å². The zero-order valence-electron chi connectivity index (χ0n) is 15.1. The zero-order valence-corrected chi connectivity index (χ0v) is 15.1. The van der Waals surface area contributed by atoms with Crippen molar-refractivity contribution in [3.63, 3.8) is 0 Å². The molecule has 2 aliphatic rings. The first kappa shape index (κ1) is 18.4. The van der Waals surface area contributed by atoms with E-state index < -0.39 is 17.5 Å². The van der Waals surface area contributed by atoms with Crippen molar-refractivity contribution in [3.8, 4) is 0 Å². The lowest BCUT2D eigenvalue weighted by Gasteiger charge is -2.56. The molecule has 7 nitrogen and oxygen atoms in total. The third-order valence-electron chi connectivity index (χ3n) is 5.26. The monoisotopic (exact) mass is 337 g/mol. The van der Waals surface area contributed by atoms with Gasteiger partial charge in [-0.05, 0) is 47.6 Å². The summed E-state index contributed by atoms with van der Waals surface area (Å²) in [5.41, 5.74) is -1.38. The maximum absolute atomic E-state index is 13.0. The summed E-state index contributed by atoms with van der Waals surface area (Å²) in [6, 6.07) is -0.425. The number of carbonyl (C=O) groups is 3. The molecular formula is C17H27N3O4. The van der Waals surface area contributed by atoms with Gasteiger partial charge in [0.15, 0.2) is 0 Å². The van der Waals surface area contributed by atoms with Crippen LogP contribution in [-0.2, 0) is 14.3 Å². The van der Waals surface area contributed by atoms with E-state index in [9.17, 15) is 14.4 Å². The second kappa shape index (κ2) is 5.88. The molecule has 24 heavy (non-hydrogen) atoms. The van der Waals surface area contributed by atoms with Crippen LogP contribution in [0.15, 0.2) is 12.7 Å². The Bertz CT molecular complexity index is 564. The molecule has 2 rings (SSSR count). The summed E-state index contributed by atoms with van der Waals surface area (Å²) in [5, 5.41) is 2.90. The predicted octanol–water partition coefficient (Wildman–Crippen LogP) is 1.29. The van der Waals surface area contributed by atoms with Gasteiger partial charge < -0.3 is 10.1 Å². The third-order valence-corrected chi connectivity index (χ3v) is 5.26. The molecule has 0 aromatic heterocycles. The number of likely N-dealkylation sites (tertiary alicyclic amines) is 1. The fraction of sp³-hybridized carbons (Fsp3) is 0.706. The van der Waals surface area contributed by atoms with E-state index >= 15 is 0 Å². The highest BCUT2D eigenvalue weighted by atomic mass is 16.5. The van der Waals surface area contributed by atoms with Crippen molar-refractivity contribution in [2.45, 2.75) is 57.2 Å². The SMILES string of the molecule is C=CC(=O)OCCN1C(=O)NC2(CC(C)(C)N(C)C(C)(C)C2)C1=O. The van der Waals surface area contributed by atoms with E-state index in [2.05, 4.69) is 44.5 Å². The molecule has 2 aliphatic heterocycles. The van der Waals surface area contributed by atoms with Gasteiger partial charge in [-0.1, -0.05) is 6.58 Å². The first-order chi connectivity index (χ1) is 10.9. The number of ether oxygens (including phenoxy) is 1. The lowest BCUT2D eigenvalue weighted by molar-refractivity contribution is -0.143. The summed E-state index contributed by atoms with van der Waals surface area (Å²) < 4.78 is 4.89. The Morgan fingerprint density at radius 3 is 2.29 bits per heavy atom. The van der Waals surface area contributed by atoms with Crippen molar-refractivity contribution in [1.82, 2.24) is 15.1 Å². The van der Waals surface area contributed by atoms with Gasteiger partial charge >= 0.3 is 12.0 Å². The van der Waals surface area contributed by atoms with Gasteiger partial charge in [0.05, 0.1) is 6.54 Å². The van der Waals surface area contributed by atoms with E-state index in [0.29, 0.717) is 12.8 Å². The van der Waals surface area contributed by atoms with Crippen molar-refractivity contribution in [2.75, 3.05) is 20.2 Å². The van der Waals surface area contributed by atoms with Crippen molar-refractivity contribution in [2.24, 2.45) is 0 Å². The Morgan fingerprint density at radius 2 is 1.79 bits per heavy atom. The van der Waals surface area contributed by atoms with Crippen LogP contribution in [0.4, 0.5) is 4.79 Å². The minimum Gasteiger partial charge on any atom is -0.461 e. The molecule has 7 heteroatoms. The van der Waals surface area contributed by atoms with Crippen LogP contribution in [0.1, 0.15) is 40.5 Å². The Kier molecular flexibility index (Phi) is 4.52. The number of rotatable bonds is 4. The molecule has 2 saturated heterocycles. The van der Waals surface area contributed by atoms with Gasteiger partial charge in [-0.15, -0.1) is 0 Å². The van der Waals surface area contributed by atoms with Crippen molar-refractivity contribution in [3.05, 3.63) is 12.7 Å². The standard InChI is InChI=1S/C17H27N3O4/c1-7-12(21)24-9-8-20-13(22)17(18-14(20)23)10-15(2,3)19(6)16(4,5)11-17/h7H,1,8-11H2,2-6H3,(H,18,23). The summed E-state index contributed by atoms with van der Waals surface area (Å²) >= 11 is 0. The van der Waals surface area contributed by atoms with Gasteiger partial charge in [-0.25, -0.2) is 9.59 Å². The first-order valence-corrected chi connectivity index (χ1v) is 8.12. The second-order valence-electron chi connectivity index (χ2n) is 7.88. The Hall–Kier alpha value is -1.89. The van der Waals surface area contributed by atoms with Crippen LogP contribution in [0.3, 0.4) is 0 Å². The fourth-order valence-electron chi connectivity index (χ4n) is 4.01. The van der Waals surface area contributed by atoms with Gasteiger partial charge in [0.2, 0.25) is 0 Å². The molecule has 0 radical (unpaired) electrons. The number of urea groups is 1. The highest BCUT2D eigenvalue weighted by molar-refractivity contribution is 6.07. The van der Waals surface area contributed by atoms with E-state index in [-0.39, 0.29) is 30.1 Å². The number of nitrogens with one attached hydrogen (secondary N) is 1. The number of piperidine rings is 1. The number of imide groups is 1. The van der Waals surface area contributed by atoms with E-state index in [0.717, 1.165) is 11.0 Å². The molecular weight excluding hydrogens is 310 g/mol. The van der Waals surface area contributed by atoms with Gasteiger partial charge in [-0.2, -0.15) is 0 Å². The largest absolute Gasteiger partial charge is 0.461 e. The highest BCUT2D eigenvalue weighted by Gasteiger charge is 2.60. The molecule has 0 unspecified atom stereocenters. The quantitative estimate of drug-likeness (QED) is 0.475. The number of hydrogen-bond acceptors (Lipinski definition) is 5. The Labute approximate surface area is 143 Å². The predicted molar refractivity (Wildman–Crippen MR) is 89.3 cm³/mol. The summed E-state index contributed by atoms with van der Waals surface area (Å²) in [4.78, 5) is 39.8. The second-order valence-corrected chi connectivity index (χ2v) is 7.88. The smallest absolute Gasteiger partial charge is 0.330 e. The van der Waals surface area contributed by atoms with Crippen molar-refractivity contribution in [1.29, 1.82) is 0 Å².